The topological polar surface area (TPSA) is 75.1 Å². The zero-order chi connectivity index (χ0) is 20.5. The molecule has 0 saturated carbocycles. The van der Waals surface area contributed by atoms with Crippen molar-refractivity contribution in [2.75, 3.05) is 27.3 Å². The van der Waals surface area contributed by atoms with E-state index in [1.807, 2.05) is 6.92 Å². The van der Waals surface area contributed by atoms with Gasteiger partial charge in [-0.15, -0.1) is 0 Å². The van der Waals surface area contributed by atoms with Crippen LogP contribution in [-0.2, 0) is 6.54 Å². The molecule has 0 amide bonds. The highest BCUT2D eigenvalue weighted by Crippen LogP contribution is 2.26. The molecule has 0 radical (unpaired) electrons. The van der Waals surface area contributed by atoms with E-state index in [1.54, 1.807) is 51.5 Å². The number of guanidine groups is 1. The Morgan fingerprint density at radius 2 is 1.79 bits per heavy atom. The first-order chi connectivity index (χ1) is 13.5. The number of rotatable bonds is 8. The summed E-state index contributed by atoms with van der Waals surface area (Å²) in [5.74, 6) is 1.56. The molecule has 2 aromatic carbocycles. The zero-order valence-electron chi connectivity index (χ0n) is 16.8. The zero-order valence-corrected chi connectivity index (χ0v) is 16.8. The molecule has 0 spiro atoms. The molecular formula is C21H28FN3O3. The van der Waals surface area contributed by atoms with Gasteiger partial charge in [0.2, 0.25) is 0 Å². The smallest absolute Gasteiger partial charge is 0.191 e. The molecule has 28 heavy (non-hydrogen) atoms. The molecule has 2 aromatic rings. The van der Waals surface area contributed by atoms with E-state index in [0.717, 1.165) is 5.56 Å². The minimum absolute atomic E-state index is 0.227. The third-order valence-corrected chi connectivity index (χ3v) is 4.21. The van der Waals surface area contributed by atoms with Gasteiger partial charge in [0.05, 0.1) is 26.9 Å². The number of halogens is 1. The Kier molecular flexibility index (Phi) is 8.07. The van der Waals surface area contributed by atoms with Gasteiger partial charge in [-0.1, -0.05) is 12.1 Å². The molecule has 0 aromatic heterocycles. The van der Waals surface area contributed by atoms with E-state index in [-0.39, 0.29) is 12.4 Å². The van der Waals surface area contributed by atoms with E-state index in [4.69, 9.17) is 9.47 Å². The van der Waals surface area contributed by atoms with Crippen LogP contribution in [0.15, 0.2) is 41.4 Å². The lowest BCUT2D eigenvalue weighted by Crippen LogP contribution is -2.39. The largest absolute Gasteiger partial charge is 0.497 e. The Morgan fingerprint density at radius 1 is 1.11 bits per heavy atom. The number of hydrogen-bond acceptors (Lipinski definition) is 4. The molecule has 0 fully saturated rings. The molecule has 1 unspecified atom stereocenters. The van der Waals surface area contributed by atoms with Crippen molar-refractivity contribution in [3.63, 3.8) is 0 Å². The van der Waals surface area contributed by atoms with Gasteiger partial charge in [-0.2, -0.15) is 0 Å². The van der Waals surface area contributed by atoms with E-state index in [0.29, 0.717) is 41.7 Å². The molecule has 3 N–H and O–H groups in total. The normalized spacial score (nSPS) is 12.4. The Balaban J connectivity index is 2.04. The maximum atomic E-state index is 13.4. The van der Waals surface area contributed by atoms with Crippen LogP contribution in [0.4, 0.5) is 4.39 Å². The van der Waals surface area contributed by atoms with Crippen molar-refractivity contribution in [1.29, 1.82) is 0 Å². The second kappa shape index (κ2) is 10.5. The third-order valence-electron chi connectivity index (χ3n) is 4.21. The van der Waals surface area contributed by atoms with Gasteiger partial charge in [-0.3, -0.25) is 0 Å². The fourth-order valence-electron chi connectivity index (χ4n) is 2.65. The van der Waals surface area contributed by atoms with E-state index in [1.165, 1.54) is 6.07 Å². The monoisotopic (exact) mass is 389 g/mol. The summed E-state index contributed by atoms with van der Waals surface area (Å²) in [6.45, 7) is 5.02. The van der Waals surface area contributed by atoms with Crippen molar-refractivity contribution in [3.8, 4) is 11.5 Å². The van der Waals surface area contributed by atoms with Gasteiger partial charge in [-0.25, -0.2) is 9.38 Å². The van der Waals surface area contributed by atoms with Crippen LogP contribution in [0.1, 0.15) is 29.7 Å². The molecule has 0 aliphatic rings. The van der Waals surface area contributed by atoms with Crippen molar-refractivity contribution in [3.05, 3.63) is 58.9 Å². The number of aryl methyl sites for hydroxylation is 1. The van der Waals surface area contributed by atoms with E-state index in [2.05, 4.69) is 15.6 Å². The number of aliphatic hydroxyl groups is 1. The predicted molar refractivity (Wildman–Crippen MR) is 108 cm³/mol. The van der Waals surface area contributed by atoms with Crippen LogP contribution < -0.4 is 20.1 Å². The van der Waals surface area contributed by atoms with Crippen molar-refractivity contribution < 1.29 is 19.0 Å². The Hall–Kier alpha value is -2.80. The Labute approximate surface area is 165 Å². The van der Waals surface area contributed by atoms with Crippen LogP contribution in [0.3, 0.4) is 0 Å². The highest BCUT2D eigenvalue weighted by atomic mass is 19.1. The summed E-state index contributed by atoms with van der Waals surface area (Å²) in [5, 5.41) is 16.8. The Bertz CT molecular complexity index is 789. The maximum absolute atomic E-state index is 13.4. The summed E-state index contributed by atoms with van der Waals surface area (Å²) in [5.41, 5.74) is 2.18. The van der Waals surface area contributed by atoms with Gasteiger partial charge < -0.3 is 25.2 Å². The number of benzene rings is 2. The standard InChI is InChI=1S/C21H28FN3O3/c1-5-23-21(24-12-15-6-7-19(22)14(2)8-15)25-13-20(26)16-9-17(27-3)11-18(10-16)28-4/h6-11,20,26H,5,12-13H2,1-4H3,(H2,23,24,25). The van der Waals surface area contributed by atoms with Gasteiger partial charge >= 0.3 is 0 Å². The van der Waals surface area contributed by atoms with Gasteiger partial charge in [0, 0.05) is 19.2 Å². The van der Waals surface area contributed by atoms with Gasteiger partial charge in [0.25, 0.3) is 0 Å². The van der Waals surface area contributed by atoms with Crippen LogP contribution in [0.25, 0.3) is 0 Å². The van der Waals surface area contributed by atoms with Crippen LogP contribution in [-0.4, -0.2) is 38.4 Å². The van der Waals surface area contributed by atoms with E-state index >= 15 is 0 Å². The molecule has 0 heterocycles. The molecule has 1 atom stereocenters. The van der Waals surface area contributed by atoms with Gasteiger partial charge in [0.1, 0.15) is 17.3 Å². The van der Waals surface area contributed by atoms with Gasteiger partial charge in [0.15, 0.2) is 5.96 Å². The van der Waals surface area contributed by atoms with Crippen molar-refractivity contribution in [2.45, 2.75) is 26.5 Å². The molecule has 6 nitrogen and oxygen atoms in total. The number of nitrogens with one attached hydrogen (secondary N) is 2. The summed E-state index contributed by atoms with van der Waals surface area (Å²) < 4.78 is 23.9. The highest BCUT2D eigenvalue weighted by molar-refractivity contribution is 5.79. The van der Waals surface area contributed by atoms with Gasteiger partial charge in [-0.05, 0) is 48.7 Å². The average Bonchev–Trinajstić information content (AvgIpc) is 2.71. The van der Waals surface area contributed by atoms with E-state index < -0.39 is 6.10 Å². The number of methoxy groups -OCH3 is 2. The van der Waals surface area contributed by atoms with E-state index in [9.17, 15) is 9.50 Å². The van der Waals surface area contributed by atoms with Crippen LogP contribution in [0.5, 0.6) is 11.5 Å². The molecular weight excluding hydrogens is 361 g/mol. The number of aliphatic imine (C=N–C) groups is 1. The Morgan fingerprint density at radius 3 is 2.36 bits per heavy atom. The molecule has 0 aliphatic heterocycles. The molecule has 0 bridgehead atoms. The minimum Gasteiger partial charge on any atom is -0.497 e. The fraction of sp³-hybridized carbons (Fsp3) is 0.381. The molecule has 0 aliphatic carbocycles. The summed E-state index contributed by atoms with van der Waals surface area (Å²) in [7, 11) is 3.13. The molecule has 152 valence electrons. The first kappa shape index (κ1) is 21.5. The fourth-order valence-corrected chi connectivity index (χ4v) is 2.65. The first-order valence-electron chi connectivity index (χ1n) is 9.15. The second-order valence-corrected chi connectivity index (χ2v) is 6.32. The summed E-state index contributed by atoms with van der Waals surface area (Å²) >= 11 is 0. The lowest BCUT2D eigenvalue weighted by atomic mass is 10.1. The number of aliphatic hydroxyl groups excluding tert-OH is 1. The lowest BCUT2D eigenvalue weighted by molar-refractivity contribution is 0.180. The molecule has 0 saturated heterocycles. The van der Waals surface area contributed by atoms with Crippen LogP contribution in [0, 0.1) is 12.7 Å². The van der Waals surface area contributed by atoms with Crippen molar-refractivity contribution in [1.82, 2.24) is 10.6 Å². The summed E-state index contributed by atoms with van der Waals surface area (Å²) in [6.07, 6.45) is -0.777. The van der Waals surface area contributed by atoms with Crippen molar-refractivity contribution >= 4 is 5.96 Å². The lowest BCUT2D eigenvalue weighted by Gasteiger charge is -2.17. The second-order valence-electron chi connectivity index (χ2n) is 6.32. The average molecular weight is 389 g/mol. The van der Waals surface area contributed by atoms with Crippen molar-refractivity contribution in [2.24, 2.45) is 4.99 Å². The number of hydrogen-bond donors (Lipinski definition) is 3. The quantitative estimate of drug-likeness (QED) is 0.478. The minimum atomic E-state index is -0.777. The third kappa shape index (κ3) is 6.13. The molecule has 7 heteroatoms. The molecule has 2 rings (SSSR count). The highest BCUT2D eigenvalue weighted by Gasteiger charge is 2.12. The van der Waals surface area contributed by atoms with Crippen LogP contribution >= 0.6 is 0 Å². The number of ether oxygens (including phenoxy) is 2. The van der Waals surface area contributed by atoms with Crippen LogP contribution in [0.2, 0.25) is 0 Å². The summed E-state index contributed by atoms with van der Waals surface area (Å²) in [4.78, 5) is 4.50. The predicted octanol–water partition coefficient (Wildman–Crippen LogP) is 2.94. The first-order valence-corrected chi connectivity index (χ1v) is 9.15. The summed E-state index contributed by atoms with van der Waals surface area (Å²) in [6, 6.07) is 10.2. The maximum Gasteiger partial charge on any atom is 0.191 e. The number of nitrogens with zero attached hydrogens (tertiary/aromatic N) is 1. The SMILES string of the molecule is CCNC(=NCc1ccc(F)c(C)c1)NCC(O)c1cc(OC)cc(OC)c1.